The fourth-order valence-electron chi connectivity index (χ4n) is 2.55. The molecule has 0 bridgehead atoms. The molecule has 30 heavy (non-hydrogen) atoms. The van der Waals surface area contributed by atoms with Crippen molar-refractivity contribution in [3.63, 3.8) is 0 Å². The molecule has 2 aromatic carbocycles. The van der Waals surface area contributed by atoms with Gasteiger partial charge in [0.1, 0.15) is 17.5 Å². The van der Waals surface area contributed by atoms with Crippen LogP contribution in [0.1, 0.15) is 12.0 Å². The second-order valence-electron chi connectivity index (χ2n) is 6.04. The predicted molar refractivity (Wildman–Crippen MR) is 105 cm³/mol. The molecule has 0 radical (unpaired) electrons. The van der Waals surface area contributed by atoms with Gasteiger partial charge in [-0.05, 0) is 24.3 Å². The van der Waals surface area contributed by atoms with Gasteiger partial charge in [0.25, 0.3) is 5.91 Å². The van der Waals surface area contributed by atoms with E-state index in [9.17, 15) is 23.5 Å². The Morgan fingerprint density at radius 2 is 2.00 bits per heavy atom. The number of hydrogen-bond donors (Lipinski definition) is 4. The zero-order chi connectivity index (χ0) is 21.5. The van der Waals surface area contributed by atoms with Crippen LogP contribution in [0.5, 0.6) is 11.5 Å². The third kappa shape index (κ3) is 5.50. The van der Waals surface area contributed by atoms with Crippen LogP contribution >= 0.6 is 0 Å². The molecule has 1 unspecified atom stereocenters. The normalized spacial score (nSPS) is 15.8. The lowest BCUT2D eigenvalue weighted by Gasteiger charge is -2.12. The largest absolute Gasteiger partial charge is 0.507 e. The number of hydrazone groups is 1. The third-order valence-corrected chi connectivity index (χ3v) is 3.90. The quantitative estimate of drug-likeness (QED) is 0.404. The molecule has 1 atom stereocenters. The number of ether oxygens (including phenoxy) is 1. The molecule has 2 amide bonds. The van der Waals surface area contributed by atoms with E-state index in [1.165, 1.54) is 30.5 Å². The molecule has 9 nitrogen and oxygen atoms in total. The van der Waals surface area contributed by atoms with E-state index in [0.717, 1.165) is 0 Å². The highest BCUT2D eigenvalue weighted by Gasteiger charge is 2.28. The van der Waals surface area contributed by atoms with Crippen LogP contribution < -0.4 is 20.8 Å². The number of phenols is 1. The van der Waals surface area contributed by atoms with Crippen molar-refractivity contribution in [3.05, 3.63) is 54.1 Å². The van der Waals surface area contributed by atoms with Gasteiger partial charge >= 0.3 is 6.61 Å². The molecule has 0 spiro atoms. The molecule has 0 aromatic heterocycles. The Hall–Kier alpha value is -4.02. The smallest absolute Gasteiger partial charge is 0.387 e. The average Bonchev–Trinajstić information content (AvgIpc) is 3.03. The van der Waals surface area contributed by atoms with Crippen molar-refractivity contribution in [2.45, 2.75) is 19.1 Å². The Labute approximate surface area is 169 Å². The molecular formula is C19H17F2N5O4. The number of phenolic OH excluding ortho intramolecular Hbond substituents is 1. The first-order valence-corrected chi connectivity index (χ1v) is 8.72. The molecule has 0 saturated heterocycles. The van der Waals surface area contributed by atoms with Gasteiger partial charge in [-0.15, -0.1) is 0 Å². The summed E-state index contributed by atoms with van der Waals surface area (Å²) < 4.78 is 29.3. The van der Waals surface area contributed by atoms with Crippen molar-refractivity contribution in [3.8, 4) is 11.5 Å². The molecular weight excluding hydrogens is 400 g/mol. The lowest BCUT2D eigenvalue weighted by molar-refractivity contribution is -0.123. The van der Waals surface area contributed by atoms with E-state index in [1.54, 1.807) is 24.3 Å². The van der Waals surface area contributed by atoms with Crippen molar-refractivity contribution >= 4 is 29.7 Å². The average molecular weight is 417 g/mol. The minimum atomic E-state index is -3.04. The van der Waals surface area contributed by atoms with E-state index >= 15 is 0 Å². The summed E-state index contributed by atoms with van der Waals surface area (Å²) in [5.41, 5.74) is 3.02. The Morgan fingerprint density at radius 3 is 2.77 bits per heavy atom. The van der Waals surface area contributed by atoms with Gasteiger partial charge in [0, 0.05) is 5.56 Å². The lowest BCUT2D eigenvalue weighted by atomic mass is 10.2. The molecule has 2 aromatic rings. The standard InChI is InChI=1S/C19H17F2N5O4/c20-18(21)30-15-8-4-2-6-12(15)23-16(28)9-13-17(29)25-19(24-13)26-22-10-11-5-1-3-7-14(11)27/h1-8,10,13,18,27H,9H2,(H,23,28)(H2,24,25,26,29)/b22-10+. The van der Waals surface area contributed by atoms with Gasteiger partial charge in [0.05, 0.1) is 18.3 Å². The van der Waals surface area contributed by atoms with Crippen LogP contribution in [-0.4, -0.2) is 41.7 Å². The Bertz CT molecular complexity index is 996. The first kappa shape index (κ1) is 20.7. The number of halogens is 2. The zero-order valence-corrected chi connectivity index (χ0v) is 15.4. The molecule has 11 heteroatoms. The fraction of sp³-hybridized carbons (Fsp3) is 0.158. The Balaban J connectivity index is 1.58. The number of alkyl halides is 2. The van der Waals surface area contributed by atoms with Gasteiger partial charge in [-0.1, -0.05) is 24.3 Å². The summed E-state index contributed by atoms with van der Waals surface area (Å²) in [6.45, 7) is -3.04. The number of nitrogens with zero attached hydrogens (tertiary/aromatic N) is 2. The summed E-state index contributed by atoms with van der Waals surface area (Å²) >= 11 is 0. The number of para-hydroxylation sites is 3. The van der Waals surface area contributed by atoms with E-state index in [2.05, 4.69) is 30.9 Å². The van der Waals surface area contributed by atoms with Crippen LogP contribution in [0.25, 0.3) is 0 Å². The highest BCUT2D eigenvalue weighted by atomic mass is 19.3. The number of carbonyl (C=O) groups excluding carboxylic acids is 2. The molecule has 0 saturated carbocycles. The molecule has 1 heterocycles. The predicted octanol–water partition coefficient (Wildman–Crippen LogP) is 1.80. The summed E-state index contributed by atoms with van der Waals surface area (Å²) in [5, 5.41) is 18.4. The minimum Gasteiger partial charge on any atom is -0.507 e. The fourth-order valence-corrected chi connectivity index (χ4v) is 2.55. The second kappa shape index (κ2) is 9.45. The van der Waals surface area contributed by atoms with E-state index in [1.807, 2.05) is 0 Å². The van der Waals surface area contributed by atoms with Gasteiger partial charge in [0.15, 0.2) is 0 Å². The van der Waals surface area contributed by atoms with Crippen LogP contribution in [0.3, 0.4) is 0 Å². The van der Waals surface area contributed by atoms with E-state index in [4.69, 9.17) is 0 Å². The maximum absolute atomic E-state index is 12.5. The molecule has 1 aliphatic heterocycles. The number of aliphatic imine (C=N–C) groups is 1. The number of guanidine groups is 1. The summed E-state index contributed by atoms with van der Waals surface area (Å²) in [4.78, 5) is 28.3. The summed E-state index contributed by atoms with van der Waals surface area (Å²) in [6.07, 6.45) is 1.02. The highest BCUT2D eigenvalue weighted by molar-refractivity contribution is 6.07. The van der Waals surface area contributed by atoms with Crippen molar-refractivity contribution in [1.82, 2.24) is 10.7 Å². The van der Waals surface area contributed by atoms with Crippen LogP contribution in [0.15, 0.2) is 58.6 Å². The zero-order valence-electron chi connectivity index (χ0n) is 15.4. The lowest BCUT2D eigenvalue weighted by Crippen LogP contribution is -2.35. The summed E-state index contributed by atoms with van der Waals surface area (Å²) in [5.74, 6) is -1.26. The summed E-state index contributed by atoms with van der Waals surface area (Å²) in [7, 11) is 0. The first-order chi connectivity index (χ1) is 14.4. The number of anilines is 1. The molecule has 0 fully saturated rings. The number of benzene rings is 2. The SMILES string of the molecule is O=C(CC1N=C(N/N=C/c2ccccc2O)NC1=O)Nc1ccccc1OC(F)F. The molecule has 4 N–H and O–H groups in total. The number of rotatable bonds is 7. The van der Waals surface area contributed by atoms with Gasteiger partial charge in [-0.2, -0.15) is 13.9 Å². The van der Waals surface area contributed by atoms with E-state index in [0.29, 0.717) is 5.56 Å². The van der Waals surface area contributed by atoms with Crippen molar-refractivity contribution in [2.24, 2.45) is 10.1 Å². The number of aromatic hydroxyl groups is 1. The number of hydrogen-bond acceptors (Lipinski definition) is 7. The minimum absolute atomic E-state index is 0.0332. The van der Waals surface area contributed by atoms with Crippen LogP contribution in [-0.2, 0) is 9.59 Å². The van der Waals surface area contributed by atoms with Crippen LogP contribution in [0, 0.1) is 0 Å². The highest BCUT2D eigenvalue weighted by Crippen LogP contribution is 2.25. The van der Waals surface area contributed by atoms with Gasteiger partial charge in [-0.3, -0.25) is 14.9 Å². The van der Waals surface area contributed by atoms with E-state index < -0.39 is 24.5 Å². The van der Waals surface area contributed by atoms with Gasteiger partial charge < -0.3 is 15.2 Å². The Kier molecular flexibility index (Phi) is 6.53. The number of nitrogens with one attached hydrogen (secondary N) is 3. The number of carbonyl (C=O) groups is 2. The van der Waals surface area contributed by atoms with Crippen LogP contribution in [0.2, 0.25) is 0 Å². The Morgan fingerprint density at radius 1 is 1.27 bits per heavy atom. The molecule has 0 aliphatic carbocycles. The summed E-state index contributed by atoms with van der Waals surface area (Å²) in [6, 6.07) is 11.2. The monoisotopic (exact) mass is 417 g/mol. The van der Waals surface area contributed by atoms with Crippen LogP contribution in [0.4, 0.5) is 14.5 Å². The number of amides is 2. The van der Waals surface area contributed by atoms with Gasteiger partial charge in [0.2, 0.25) is 11.9 Å². The first-order valence-electron chi connectivity index (χ1n) is 8.72. The second-order valence-corrected chi connectivity index (χ2v) is 6.04. The maximum atomic E-state index is 12.5. The van der Waals surface area contributed by atoms with Crippen molar-refractivity contribution in [2.75, 3.05) is 5.32 Å². The van der Waals surface area contributed by atoms with Crippen molar-refractivity contribution in [1.29, 1.82) is 0 Å². The molecule has 156 valence electrons. The van der Waals surface area contributed by atoms with E-state index in [-0.39, 0.29) is 29.6 Å². The maximum Gasteiger partial charge on any atom is 0.387 e. The molecule has 3 rings (SSSR count). The topological polar surface area (TPSA) is 124 Å². The van der Waals surface area contributed by atoms with Crippen molar-refractivity contribution < 1.29 is 28.2 Å². The molecule has 1 aliphatic rings. The third-order valence-electron chi connectivity index (χ3n) is 3.90. The van der Waals surface area contributed by atoms with Gasteiger partial charge in [-0.25, -0.2) is 10.4 Å².